The highest BCUT2D eigenvalue weighted by Gasteiger charge is 2.33. The molecule has 0 radical (unpaired) electrons. The van der Waals surface area contributed by atoms with Gasteiger partial charge in [-0.3, -0.25) is 9.80 Å². The highest BCUT2D eigenvalue weighted by atomic mass is 19.1. The fraction of sp³-hybridized carbons (Fsp3) is 0.588. The van der Waals surface area contributed by atoms with E-state index < -0.39 is 12.2 Å². The number of carbonyl (C=O) groups excluding carboxylic acids is 1. The third-order valence-electron chi connectivity index (χ3n) is 5.26. The Balaban J connectivity index is 1.41. The van der Waals surface area contributed by atoms with Crippen molar-refractivity contribution in [3.63, 3.8) is 0 Å². The summed E-state index contributed by atoms with van der Waals surface area (Å²) in [6, 6.07) is 5.29. The van der Waals surface area contributed by atoms with Crippen LogP contribution in [0.1, 0.15) is 0 Å². The highest BCUT2D eigenvalue weighted by molar-refractivity contribution is 5.90. The molecule has 0 spiro atoms. The third-order valence-corrected chi connectivity index (χ3v) is 5.26. The number of carbonyl (C=O) groups is 1. The van der Waals surface area contributed by atoms with Gasteiger partial charge >= 0.3 is 6.09 Å². The quantitative estimate of drug-likeness (QED) is 0.445. The van der Waals surface area contributed by atoms with Crippen LogP contribution >= 0.6 is 0 Å². The number of halogens is 1. The van der Waals surface area contributed by atoms with Crippen LogP contribution in [0.5, 0.6) is 0 Å². The van der Waals surface area contributed by atoms with Crippen LogP contribution in [0.3, 0.4) is 0 Å². The first-order chi connectivity index (χ1) is 13.2. The Morgan fingerprint density at radius 3 is 2.67 bits per heavy atom. The van der Waals surface area contributed by atoms with E-state index in [1.807, 2.05) is 4.90 Å². The molecule has 3 fully saturated rings. The Labute approximate surface area is 155 Å². The van der Waals surface area contributed by atoms with Gasteiger partial charge in [-0.2, -0.15) is 0 Å². The van der Waals surface area contributed by atoms with Gasteiger partial charge in [-0.15, -0.1) is 0 Å². The molecule has 3 aliphatic rings. The molecule has 1 amide bonds. The lowest BCUT2D eigenvalue weighted by atomic mass is 10.1. The van der Waals surface area contributed by atoms with Crippen LogP contribution in [0, 0.1) is 5.82 Å². The van der Waals surface area contributed by atoms with Crippen molar-refractivity contribution in [1.29, 1.82) is 0 Å². The molecular formula is C17H21FN6O3. The maximum atomic E-state index is 14.7. The fourth-order valence-electron chi connectivity index (χ4n) is 3.64. The van der Waals surface area contributed by atoms with Crippen LogP contribution in [-0.4, -0.2) is 75.6 Å². The van der Waals surface area contributed by atoms with Crippen molar-refractivity contribution in [3.8, 4) is 0 Å². The summed E-state index contributed by atoms with van der Waals surface area (Å²) in [5.74, 6) is -0.362. The normalized spacial score (nSPS) is 23.7. The zero-order chi connectivity index (χ0) is 18.8. The number of azide groups is 1. The Bertz CT molecular complexity index is 759. The average molecular weight is 376 g/mol. The monoisotopic (exact) mass is 376 g/mol. The lowest BCUT2D eigenvalue weighted by molar-refractivity contribution is -0.0660. The summed E-state index contributed by atoms with van der Waals surface area (Å²) in [6.45, 7) is 5.16. The molecular weight excluding hydrogens is 355 g/mol. The minimum atomic E-state index is -0.559. The molecule has 0 unspecified atom stereocenters. The molecule has 4 rings (SSSR count). The smallest absolute Gasteiger partial charge is 0.414 e. The third kappa shape index (κ3) is 3.64. The molecule has 1 atom stereocenters. The van der Waals surface area contributed by atoms with Gasteiger partial charge in [0.25, 0.3) is 0 Å². The Hall–Kier alpha value is -2.55. The molecule has 0 aromatic heterocycles. The lowest BCUT2D eigenvalue weighted by Crippen LogP contribution is -2.56. The fourth-order valence-corrected chi connectivity index (χ4v) is 3.64. The maximum absolute atomic E-state index is 14.7. The first kappa shape index (κ1) is 17.8. The topological polar surface area (TPSA) is 94.0 Å². The summed E-state index contributed by atoms with van der Waals surface area (Å²) in [5.41, 5.74) is 9.35. The van der Waals surface area contributed by atoms with Crippen molar-refractivity contribution < 1.29 is 18.7 Å². The van der Waals surface area contributed by atoms with E-state index >= 15 is 0 Å². The molecule has 10 heteroatoms. The van der Waals surface area contributed by atoms with E-state index in [4.69, 9.17) is 15.0 Å². The summed E-state index contributed by atoms with van der Waals surface area (Å²) < 4.78 is 25.1. The number of piperazine rings is 1. The van der Waals surface area contributed by atoms with Crippen LogP contribution in [-0.2, 0) is 9.47 Å². The molecule has 0 bridgehead atoms. The molecule has 9 nitrogen and oxygen atoms in total. The Kier molecular flexibility index (Phi) is 5.02. The number of hydrogen-bond acceptors (Lipinski definition) is 6. The van der Waals surface area contributed by atoms with E-state index in [1.54, 1.807) is 12.1 Å². The molecule has 144 valence electrons. The van der Waals surface area contributed by atoms with Gasteiger partial charge in [-0.1, -0.05) is 5.11 Å². The van der Waals surface area contributed by atoms with Crippen molar-refractivity contribution in [2.24, 2.45) is 5.11 Å². The van der Waals surface area contributed by atoms with Crippen LogP contribution in [0.2, 0.25) is 0 Å². The SMILES string of the molecule is [N-]=[N+]=NC[C@H]1CN(c2ccc(N3CCN(C4COC4)CC3)c(F)c2)C(=O)O1. The summed E-state index contributed by atoms with van der Waals surface area (Å²) in [5, 5.41) is 3.42. The van der Waals surface area contributed by atoms with Crippen molar-refractivity contribution >= 4 is 17.5 Å². The van der Waals surface area contributed by atoms with Crippen molar-refractivity contribution in [3.05, 3.63) is 34.5 Å². The maximum Gasteiger partial charge on any atom is 0.414 e. The number of rotatable bonds is 5. The number of nitrogens with zero attached hydrogens (tertiary/aromatic N) is 6. The van der Waals surface area contributed by atoms with Gasteiger partial charge in [0.2, 0.25) is 0 Å². The predicted octanol–water partition coefficient (Wildman–Crippen LogP) is 1.98. The Morgan fingerprint density at radius 2 is 2.04 bits per heavy atom. The number of anilines is 2. The number of cyclic esters (lactones) is 1. The standard InChI is InChI=1S/C17H21FN6O3/c18-15-7-12(24-9-14(8-20-21-19)27-17(24)25)1-2-16(15)23-5-3-22(4-6-23)13-10-26-11-13/h1-2,7,13-14H,3-6,8-11H2/t14-/m0/s1. The molecule has 0 N–H and O–H groups in total. The molecule has 27 heavy (non-hydrogen) atoms. The van der Waals surface area contributed by atoms with E-state index in [1.165, 1.54) is 11.0 Å². The van der Waals surface area contributed by atoms with Crippen LogP contribution in [0.25, 0.3) is 10.4 Å². The zero-order valence-electron chi connectivity index (χ0n) is 14.8. The van der Waals surface area contributed by atoms with Crippen molar-refractivity contribution in [2.45, 2.75) is 12.1 Å². The number of hydrogen-bond donors (Lipinski definition) is 0. The van der Waals surface area contributed by atoms with Gasteiger partial charge in [-0.25, -0.2) is 9.18 Å². The first-order valence-electron chi connectivity index (χ1n) is 9.01. The number of ether oxygens (including phenoxy) is 2. The van der Waals surface area contributed by atoms with E-state index in [0.717, 1.165) is 39.4 Å². The molecule has 3 aliphatic heterocycles. The van der Waals surface area contributed by atoms with Gasteiger partial charge < -0.3 is 14.4 Å². The van der Waals surface area contributed by atoms with Crippen LogP contribution in [0.4, 0.5) is 20.6 Å². The zero-order valence-corrected chi connectivity index (χ0v) is 14.8. The number of benzene rings is 1. The minimum Gasteiger partial charge on any atom is -0.444 e. The van der Waals surface area contributed by atoms with Crippen LogP contribution < -0.4 is 9.80 Å². The highest BCUT2D eigenvalue weighted by Crippen LogP contribution is 2.29. The molecule has 1 aromatic carbocycles. The van der Waals surface area contributed by atoms with E-state index in [-0.39, 0.29) is 18.9 Å². The molecule has 1 aromatic rings. The summed E-state index contributed by atoms with van der Waals surface area (Å²) in [4.78, 5) is 20.4. The van der Waals surface area contributed by atoms with E-state index in [9.17, 15) is 9.18 Å². The van der Waals surface area contributed by atoms with Gasteiger partial charge in [0.05, 0.1) is 43.7 Å². The largest absolute Gasteiger partial charge is 0.444 e. The molecule has 0 aliphatic carbocycles. The van der Waals surface area contributed by atoms with Crippen molar-refractivity contribution in [1.82, 2.24) is 4.90 Å². The second-order valence-electron chi connectivity index (χ2n) is 6.88. The minimum absolute atomic E-state index is 0.0651. The van der Waals surface area contributed by atoms with E-state index in [0.29, 0.717) is 17.4 Å². The summed E-state index contributed by atoms with van der Waals surface area (Å²) >= 11 is 0. The molecule has 3 saturated heterocycles. The Morgan fingerprint density at radius 1 is 1.26 bits per heavy atom. The number of amides is 1. The van der Waals surface area contributed by atoms with Crippen LogP contribution in [0.15, 0.2) is 23.3 Å². The summed E-state index contributed by atoms with van der Waals surface area (Å²) in [6.07, 6.45) is -1.07. The van der Waals surface area contributed by atoms with E-state index in [2.05, 4.69) is 14.9 Å². The van der Waals surface area contributed by atoms with Gasteiger partial charge in [0.1, 0.15) is 11.9 Å². The first-order valence-corrected chi connectivity index (χ1v) is 9.01. The van der Waals surface area contributed by atoms with Crippen molar-refractivity contribution in [2.75, 3.05) is 62.3 Å². The summed E-state index contributed by atoms with van der Waals surface area (Å²) in [7, 11) is 0. The molecule has 0 saturated carbocycles. The van der Waals surface area contributed by atoms with Gasteiger partial charge in [0, 0.05) is 31.1 Å². The van der Waals surface area contributed by atoms with Gasteiger partial charge in [0.15, 0.2) is 0 Å². The predicted molar refractivity (Wildman–Crippen MR) is 96.4 cm³/mol. The van der Waals surface area contributed by atoms with Gasteiger partial charge in [-0.05, 0) is 23.7 Å². The molecule has 3 heterocycles. The second-order valence-corrected chi connectivity index (χ2v) is 6.88. The second kappa shape index (κ2) is 7.59. The average Bonchev–Trinajstić information content (AvgIpc) is 3.00. The lowest BCUT2D eigenvalue weighted by Gasteiger charge is -2.43.